The van der Waals surface area contributed by atoms with Gasteiger partial charge in [-0.1, -0.05) is 0 Å². The molecule has 2 rings (SSSR count). The number of nitrogens with zero attached hydrogens (tertiary/aromatic N) is 2. The van der Waals surface area contributed by atoms with Gasteiger partial charge in [-0.25, -0.2) is 9.97 Å². The molecule has 0 aromatic carbocycles. The second-order valence-electron chi connectivity index (χ2n) is 5.02. The number of alkyl halides is 5. The van der Waals surface area contributed by atoms with Crippen molar-refractivity contribution in [1.82, 2.24) is 15.3 Å². The predicted molar refractivity (Wildman–Crippen MR) is 74.8 cm³/mol. The summed E-state index contributed by atoms with van der Waals surface area (Å²) in [4.78, 5) is 7.30. The van der Waals surface area contributed by atoms with Crippen molar-refractivity contribution in [2.45, 2.75) is 38.3 Å². The number of hydrogen-bond acceptors (Lipinski definition) is 5. The first-order chi connectivity index (χ1) is 10.1. The molecule has 0 amide bonds. The van der Waals surface area contributed by atoms with Crippen LogP contribution in [0.3, 0.4) is 0 Å². The zero-order valence-electron chi connectivity index (χ0n) is 12.2. The molecule has 0 radical (unpaired) electrons. The van der Waals surface area contributed by atoms with Crippen molar-refractivity contribution in [2.75, 3.05) is 18.4 Å². The average molecular weight is 363 g/mol. The summed E-state index contributed by atoms with van der Waals surface area (Å²) in [5.41, 5.74) is -1.12. The van der Waals surface area contributed by atoms with Crippen LogP contribution in [0.4, 0.5) is 27.9 Å². The van der Waals surface area contributed by atoms with Gasteiger partial charge in [0.15, 0.2) is 0 Å². The number of aryl methyl sites for hydroxylation is 1. The van der Waals surface area contributed by atoms with Gasteiger partial charge in [-0.2, -0.15) is 22.0 Å². The molecule has 1 aliphatic heterocycles. The summed E-state index contributed by atoms with van der Waals surface area (Å²) >= 11 is 0. The molecule has 2 N–H and O–H groups in total. The van der Waals surface area contributed by atoms with Crippen LogP contribution in [-0.2, 0) is 10.9 Å². The normalized spacial score (nSPS) is 24.0. The van der Waals surface area contributed by atoms with E-state index in [4.69, 9.17) is 0 Å². The molecule has 1 aromatic rings. The summed E-state index contributed by atoms with van der Waals surface area (Å²) in [5.74, 6) is -0.00293. The molecule has 1 aliphatic rings. The monoisotopic (exact) mass is 362 g/mol. The second-order valence-corrected chi connectivity index (χ2v) is 5.02. The molecule has 11 heteroatoms. The lowest BCUT2D eigenvalue weighted by molar-refractivity contribution is -0.278. The lowest BCUT2D eigenvalue weighted by atomic mass is 10.1. The maximum Gasteiger partial charge on any atom is 0.419 e. The quantitative estimate of drug-likeness (QED) is 0.809. The molecule has 23 heavy (non-hydrogen) atoms. The molecule has 0 saturated carbocycles. The number of morpholine rings is 1. The van der Waals surface area contributed by atoms with Crippen molar-refractivity contribution in [3.8, 4) is 0 Å². The Labute approximate surface area is 135 Å². The Morgan fingerprint density at radius 1 is 1.43 bits per heavy atom. The zero-order valence-corrected chi connectivity index (χ0v) is 13.1. The average Bonchev–Trinajstić information content (AvgIpc) is 2.35. The van der Waals surface area contributed by atoms with Crippen molar-refractivity contribution in [3.05, 3.63) is 17.5 Å². The molecule has 0 bridgehead atoms. The summed E-state index contributed by atoms with van der Waals surface area (Å²) < 4.78 is 68.2. The zero-order chi connectivity index (χ0) is 16.5. The highest BCUT2D eigenvalue weighted by atomic mass is 35.5. The molecular weight excluding hydrogens is 347 g/mol. The smallest absolute Gasteiger partial charge is 0.353 e. The van der Waals surface area contributed by atoms with Gasteiger partial charge in [0.1, 0.15) is 0 Å². The van der Waals surface area contributed by atoms with Gasteiger partial charge in [-0.3, -0.25) is 0 Å². The number of halogens is 6. The van der Waals surface area contributed by atoms with Crippen LogP contribution in [0.15, 0.2) is 6.20 Å². The molecule has 1 fully saturated rings. The fourth-order valence-corrected chi connectivity index (χ4v) is 2.08. The molecule has 5 nitrogen and oxygen atoms in total. The molecule has 1 aromatic heterocycles. The summed E-state index contributed by atoms with van der Waals surface area (Å²) in [5, 5.41) is 5.32. The Morgan fingerprint density at radius 3 is 2.61 bits per heavy atom. The molecule has 1 saturated heterocycles. The Kier molecular flexibility index (Phi) is 6.11. The molecule has 2 heterocycles. The topological polar surface area (TPSA) is 59.1 Å². The Hall–Kier alpha value is -1.26. The van der Waals surface area contributed by atoms with E-state index >= 15 is 0 Å². The number of hydrogen-bond donors (Lipinski definition) is 2. The van der Waals surface area contributed by atoms with Gasteiger partial charge < -0.3 is 15.4 Å². The van der Waals surface area contributed by atoms with Gasteiger partial charge in [0.25, 0.3) is 0 Å². The summed E-state index contributed by atoms with van der Waals surface area (Å²) in [7, 11) is 0. The first-order valence-corrected chi connectivity index (χ1v) is 6.52. The largest absolute Gasteiger partial charge is 0.419 e. The maximum absolute atomic E-state index is 13.0. The number of rotatable bonds is 3. The minimum atomic E-state index is -4.51. The van der Waals surface area contributed by atoms with Crippen LogP contribution >= 0.6 is 12.4 Å². The van der Waals surface area contributed by atoms with E-state index in [-0.39, 0.29) is 30.6 Å². The Morgan fingerprint density at radius 2 is 2.09 bits per heavy atom. The third kappa shape index (κ3) is 5.11. The SMILES string of the molecule is Cc1nc(NC[C@H]2NCC(F)(F)O[C@H]2C)ncc1C(F)(F)F.Cl. The van der Waals surface area contributed by atoms with Gasteiger partial charge in [0.05, 0.1) is 29.9 Å². The number of nitrogens with one attached hydrogen (secondary N) is 2. The van der Waals surface area contributed by atoms with Gasteiger partial charge in [0.2, 0.25) is 5.95 Å². The number of ether oxygens (including phenoxy) is 1. The molecule has 0 spiro atoms. The third-order valence-electron chi connectivity index (χ3n) is 3.26. The molecule has 0 unspecified atom stereocenters. The van der Waals surface area contributed by atoms with Crippen LogP contribution in [0.25, 0.3) is 0 Å². The number of anilines is 1. The Balaban J connectivity index is 0.00000264. The van der Waals surface area contributed by atoms with Crippen LogP contribution in [0, 0.1) is 6.92 Å². The first kappa shape index (κ1) is 19.8. The molecule has 132 valence electrons. The van der Waals surface area contributed by atoms with E-state index in [0.29, 0.717) is 6.20 Å². The van der Waals surface area contributed by atoms with Crippen LogP contribution in [-0.4, -0.2) is 41.3 Å². The van der Waals surface area contributed by atoms with Crippen LogP contribution < -0.4 is 10.6 Å². The fraction of sp³-hybridized carbons (Fsp3) is 0.667. The van der Waals surface area contributed by atoms with Crippen LogP contribution in [0.1, 0.15) is 18.2 Å². The van der Waals surface area contributed by atoms with Crippen molar-refractivity contribution in [1.29, 1.82) is 0 Å². The first-order valence-electron chi connectivity index (χ1n) is 6.52. The molecular formula is C12H16ClF5N4O. The molecule has 0 aliphatic carbocycles. The van der Waals surface area contributed by atoms with E-state index in [2.05, 4.69) is 25.3 Å². The van der Waals surface area contributed by atoms with Crippen molar-refractivity contribution < 1.29 is 26.7 Å². The van der Waals surface area contributed by atoms with Crippen molar-refractivity contribution in [3.63, 3.8) is 0 Å². The standard InChI is InChI=1S/C12H15F5N4O.ClH/c1-6-8(12(15,16)17)3-18-10(21-6)19-4-9-7(2)22-11(13,14)5-20-9;/h3,7,9,20H,4-5H2,1-2H3,(H,18,19,21);1H/t7-,9+;/m0./s1. The lowest BCUT2D eigenvalue weighted by Gasteiger charge is -2.35. The summed E-state index contributed by atoms with van der Waals surface area (Å²) in [6, 6.07) is -0.439. The van der Waals surface area contributed by atoms with E-state index in [1.807, 2.05) is 0 Å². The van der Waals surface area contributed by atoms with E-state index in [0.717, 1.165) is 0 Å². The van der Waals surface area contributed by atoms with Gasteiger partial charge >= 0.3 is 12.3 Å². The van der Waals surface area contributed by atoms with Crippen LogP contribution in [0.2, 0.25) is 0 Å². The third-order valence-corrected chi connectivity index (χ3v) is 3.26. The highest BCUT2D eigenvalue weighted by Crippen LogP contribution is 2.30. The molecule has 2 atom stereocenters. The highest BCUT2D eigenvalue weighted by Gasteiger charge is 2.40. The van der Waals surface area contributed by atoms with Crippen LogP contribution in [0.5, 0.6) is 0 Å². The summed E-state index contributed by atoms with van der Waals surface area (Å²) in [6.45, 7) is 2.21. The Bertz CT molecular complexity index is 543. The van der Waals surface area contributed by atoms with Crippen molar-refractivity contribution >= 4 is 18.4 Å². The van der Waals surface area contributed by atoms with Crippen molar-refractivity contribution in [2.24, 2.45) is 0 Å². The van der Waals surface area contributed by atoms with Gasteiger partial charge in [-0.05, 0) is 13.8 Å². The van der Waals surface area contributed by atoms with Gasteiger partial charge in [0, 0.05) is 12.7 Å². The fourth-order valence-electron chi connectivity index (χ4n) is 2.08. The maximum atomic E-state index is 13.0. The minimum absolute atomic E-state index is 0. The van der Waals surface area contributed by atoms with Gasteiger partial charge in [-0.15, -0.1) is 12.4 Å². The second kappa shape index (κ2) is 7.10. The van der Waals surface area contributed by atoms with E-state index in [1.54, 1.807) is 0 Å². The number of aromatic nitrogens is 2. The lowest BCUT2D eigenvalue weighted by Crippen LogP contribution is -2.57. The van der Waals surface area contributed by atoms with E-state index in [1.165, 1.54) is 13.8 Å². The minimum Gasteiger partial charge on any atom is -0.353 e. The highest BCUT2D eigenvalue weighted by molar-refractivity contribution is 5.85. The predicted octanol–water partition coefficient (Wildman–Crippen LogP) is 2.61. The van der Waals surface area contributed by atoms with E-state index in [9.17, 15) is 22.0 Å². The summed E-state index contributed by atoms with van der Waals surface area (Å²) in [6.07, 6.45) is -7.82. The van der Waals surface area contributed by atoms with E-state index < -0.39 is 36.5 Å².